The molecule has 7 nitrogen and oxygen atoms in total. The summed E-state index contributed by atoms with van der Waals surface area (Å²) in [7, 11) is 0. The van der Waals surface area contributed by atoms with E-state index < -0.39 is 0 Å². The normalized spacial score (nSPS) is 24.1. The quantitative estimate of drug-likeness (QED) is 0.646. The van der Waals surface area contributed by atoms with Gasteiger partial charge in [-0.2, -0.15) is 5.10 Å². The van der Waals surface area contributed by atoms with Crippen LogP contribution >= 0.6 is 0 Å². The Labute approximate surface area is 163 Å². The minimum Gasteiger partial charge on any atom is -0.507 e. The van der Waals surface area contributed by atoms with Crippen LogP contribution in [0.25, 0.3) is 22.4 Å². The Bertz CT molecular complexity index is 930. The molecule has 7 heteroatoms. The van der Waals surface area contributed by atoms with E-state index in [0.717, 1.165) is 24.0 Å². The lowest BCUT2D eigenvalue weighted by atomic mass is 9.85. The van der Waals surface area contributed by atoms with Crippen molar-refractivity contribution in [2.45, 2.75) is 50.3 Å². The minimum atomic E-state index is 0.160. The predicted octanol–water partition coefficient (Wildman–Crippen LogP) is 3.29. The largest absolute Gasteiger partial charge is 0.507 e. The number of nitrogens with zero attached hydrogens (tertiary/aromatic N) is 3. The Balaban J connectivity index is 1.30. The first-order valence-corrected chi connectivity index (χ1v) is 9.83. The minimum absolute atomic E-state index is 0.160. The highest BCUT2D eigenvalue weighted by Gasteiger charge is 2.32. The highest BCUT2D eigenvalue weighted by atomic mass is 16.5. The number of aromatic hydroxyl groups is 1. The number of hydrogen-bond donors (Lipinski definition) is 3. The van der Waals surface area contributed by atoms with E-state index in [1.165, 1.54) is 19.3 Å². The molecular weight excluding hydrogens is 354 g/mol. The van der Waals surface area contributed by atoms with E-state index in [-0.39, 0.29) is 11.9 Å². The second-order valence-corrected chi connectivity index (χ2v) is 7.68. The van der Waals surface area contributed by atoms with E-state index in [1.54, 1.807) is 18.5 Å². The van der Waals surface area contributed by atoms with Crippen molar-refractivity contribution in [3.05, 3.63) is 42.7 Å². The number of hydrogen-bond acceptors (Lipinski definition) is 6. The van der Waals surface area contributed by atoms with Crippen molar-refractivity contribution in [1.82, 2.24) is 25.7 Å². The van der Waals surface area contributed by atoms with Gasteiger partial charge >= 0.3 is 0 Å². The standard InChI is InChI=1S/C21H23N5O2/c27-20-8-13(14-11-22-23-12-14)4-5-18(20)19-6-7-21(26-25-19)28-17-9-15-2-1-3-16(10-17)24-15/h4-8,11-12,15-17,24,27H,1-3,9-10H2,(H,22,23)/t15-,16+,17+. The molecule has 0 aliphatic carbocycles. The lowest BCUT2D eigenvalue weighted by molar-refractivity contribution is 0.0881. The predicted molar refractivity (Wildman–Crippen MR) is 105 cm³/mol. The summed E-state index contributed by atoms with van der Waals surface area (Å²) in [6.07, 6.45) is 9.52. The third kappa shape index (κ3) is 3.45. The maximum absolute atomic E-state index is 10.4. The molecule has 3 N–H and O–H groups in total. The van der Waals surface area contributed by atoms with Crippen LogP contribution in [-0.4, -0.2) is 43.7 Å². The van der Waals surface area contributed by atoms with Gasteiger partial charge < -0.3 is 15.2 Å². The average molecular weight is 377 g/mol. The SMILES string of the molecule is Oc1cc(-c2cn[nH]c2)ccc1-c1ccc(O[C@H]2C[C@H]3CCC[C@@H](C2)N3)nn1. The first-order chi connectivity index (χ1) is 13.7. The van der Waals surface area contributed by atoms with Crippen LogP contribution in [0.15, 0.2) is 42.7 Å². The molecule has 2 saturated heterocycles. The third-order valence-corrected chi connectivity index (χ3v) is 5.70. The van der Waals surface area contributed by atoms with Crippen molar-refractivity contribution < 1.29 is 9.84 Å². The fourth-order valence-corrected chi connectivity index (χ4v) is 4.34. The molecule has 5 rings (SSSR count). The Morgan fingerprint density at radius 2 is 1.86 bits per heavy atom. The smallest absolute Gasteiger partial charge is 0.233 e. The highest BCUT2D eigenvalue weighted by Crippen LogP contribution is 2.33. The summed E-state index contributed by atoms with van der Waals surface area (Å²) >= 11 is 0. The second-order valence-electron chi connectivity index (χ2n) is 7.68. The van der Waals surface area contributed by atoms with Crippen molar-refractivity contribution >= 4 is 0 Å². The molecule has 0 spiro atoms. The van der Waals surface area contributed by atoms with E-state index >= 15 is 0 Å². The van der Waals surface area contributed by atoms with Crippen molar-refractivity contribution in [1.29, 1.82) is 0 Å². The van der Waals surface area contributed by atoms with Gasteiger partial charge in [0.25, 0.3) is 0 Å². The van der Waals surface area contributed by atoms with Gasteiger partial charge in [0.1, 0.15) is 11.9 Å². The molecule has 4 heterocycles. The average Bonchev–Trinajstić information content (AvgIpc) is 3.23. The number of ether oxygens (including phenoxy) is 1. The molecule has 3 aromatic rings. The molecule has 0 radical (unpaired) electrons. The van der Waals surface area contributed by atoms with Crippen molar-refractivity contribution in [3.8, 4) is 34.0 Å². The van der Waals surface area contributed by atoms with E-state index in [1.807, 2.05) is 24.3 Å². The Morgan fingerprint density at radius 1 is 1.00 bits per heavy atom. The zero-order valence-corrected chi connectivity index (χ0v) is 15.5. The number of phenolic OH excluding ortho intramolecular Hbond substituents is 1. The molecule has 2 aliphatic heterocycles. The number of piperidine rings is 2. The van der Waals surface area contributed by atoms with Gasteiger partial charge in [-0.25, -0.2) is 0 Å². The van der Waals surface area contributed by atoms with Crippen molar-refractivity contribution in [2.24, 2.45) is 0 Å². The zero-order chi connectivity index (χ0) is 18.9. The molecule has 0 saturated carbocycles. The van der Waals surface area contributed by atoms with Gasteiger partial charge in [0.15, 0.2) is 0 Å². The van der Waals surface area contributed by atoms with E-state index in [4.69, 9.17) is 4.74 Å². The van der Waals surface area contributed by atoms with Gasteiger partial charge in [-0.15, -0.1) is 10.2 Å². The number of aromatic amines is 1. The van der Waals surface area contributed by atoms with Gasteiger partial charge in [0.05, 0.1) is 11.9 Å². The maximum Gasteiger partial charge on any atom is 0.233 e. The summed E-state index contributed by atoms with van der Waals surface area (Å²) in [6.45, 7) is 0. The Hall–Kier alpha value is -2.93. The number of phenols is 1. The molecule has 1 aromatic carbocycles. The van der Waals surface area contributed by atoms with Crippen LogP contribution < -0.4 is 10.1 Å². The molecule has 2 fully saturated rings. The first-order valence-electron chi connectivity index (χ1n) is 9.83. The summed E-state index contributed by atoms with van der Waals surface area (Å²) in [5.41, 5.74) is 3.07. The van der Waals surface area contributed by atoms with Crippen molar-refractivity contribution in [2.75, 3.05) is 0 Å². The Morgan fingerprint density at radius 3 is 2.54 bits per heavy atom. The monoisotopic (exact) mass is 377 g/mol. The summed E-state index contributed by atoms with van der Waals surface area (Å²) in [5.74, 6) is 0.705. The highest BCUT2D eigenvalue weighted by molar-refractivity contribution is 5.73. The van der Waals surface area contributed by atoms with Crippen LogP contribution in [0.2, 0.25) is 0 Å². The van der Waals surface area contributed by atoms with Crippen LogP contribution in [-0.2, 0) is 0 Å². The zero-order valence-electron chi connectivity index (χ0n) is 15.5. The molecule has 2 aliphatic rings. The number of H-pyrrole nitrogens is 1. The lowest BCUT2D eigenvalue weighted by Crippen LogP contribution is -2.51. The second kappa shape index (κ2) is 7.24. The molecule has 28 heavy (non-hydrogen) atoms. The first kappa shape index (κ1) is 17.2. The molecule has 3 atom stereocenters. The topological polar surface area (TPSA) is 96.0 Å². The molecule has 144 valence electrons. The fraction of sp³-hybridized carbons (Fsp3) is 0.381. The number of rotatable bonds is 4. The Kier molecular flexibility index (Phi) is 4.44. The van der Waals surface area contributed by atoms with Crippen LogP contribution in [0.5, 0.6) is 11.6 Å². The fourth-order valence-electron chi connectivity index (χ4n) is 4.34. The van der Waals surface area contributed by atoms with Crippen molar-refractivity contribution in [3.63, 3.8) is 0 Å². The molecule has 0 amide bonds. The maximum atomic E-state index is 10.4. The third-order valence-electron chi connectivity index (χ3n) is 5.70. The summed E-state index contributed by atoms with van der Waals surface area (Å²) in [5, 5.41) is 29.3. The van der Waals surface area contributed by atoms with E-state index in [9.17, 15) is 5.11 Å². The van der Waals surface area contributed by atoms with Gasteiger partial charge in [0, 0.05) is 35.5 Å². The van der Waals surface area contributed by atoms with Crippen LogP contribution in [0.4, 0.5) is 0 Å². The summed E-state index contributed by atoms with van der Waals surface area (Å²) in [4.78, 5) is 0. The van der Waals surface area contributed by atoms with E-state index in [0.29, 0.717) is 29.2 Å². The molecule has 0 unspecified atom stereocenters. The number of benzene rings is 1. The molecule has 2 aromatic heterocycles. The number of nitrogens with one attached hydrogen (secondary N) is 2. The van der Waals surface area contributed by atoms with Crippen LogP contribution in [0.1, 0.15) is 32.1 Å². The van der Waals surface area contributed by atoms with E-state index in [2.05, 4.69) is 25.7 Å². The van der Waals surface area contributed by atoms with Gasteiger partial charge in [-0.1, -0.05) is 12.5 Å². The van der Waals surface area contributed by atoms with Gasteiger partial charge in [-0.05, 0) is 49.4 Å². The molecular formula is C21H23N5O2. The van der Waals surface area contributed by atoms with Crippen LogP contribution in [0.3, 0.4) is 0 Å². The summed E-state index contributed by atoms with van der Waals surface area (Å²) < 4.78 is 6.09. The summed E-state index contributed by atoms with van der Waals surface area (Å²) in [6, 6.07) is 10.3. The number of aromatic nitrogens is 4. The van der Waals surface area contributed by atoms with Crippen LogP contribution in [0, 0.1) is 0 Å². The lowest BCUT2D eigenvalue weighted by Gasteiger charge is -2.39. The van der Waals surface area contributed by atoms with Gasteiger partial charge in [-0.3, -0.25) is 5.10 Å². The van der Waals surface area contributed by atoms with Gasteiger partial charge in [0.2, 0.25) is 5.88 Å². The number of fused-ring (bicyclic) bond motifs is 2. The molecule has 2 bridgehead atoms.